The van der Waals surface area contributed by atoms with E-state index >= 15 is 0 Å². The SMILES string of the molecule is CC(C)[C@@H](N)c1ccnc(Cl)c1Cl. The third-order valence-electron chi connectivity index (χ3n) is 1.95. The van der Waals surface area contributed by atoms with Crippen LogP contribution in [0.15, 0.2) is 12.3 Å². The molecule has 1 heterocycles. The fraction of sp³-hybridized carbons (Fsp3) is 0.444. The molecule has 1 rings (SSSR count). The second-order valence-electron chi connectivity index (χ2n) is 3.27. The molecule has 1 aromatic heterocycles. The minimum atomic E-state index is -0.0898. The molecule has 13 heavy (non-hydrogen) atoms. The summed E-state index contributed by atoms with van der Waals surface area (Å²) >= 11 is 11.7. The first-order valence-corrected chi connectivity index (χ1v) is 4.85. The van der Waals surface area contributed by atoms with Gasteiger partial charge in [-0.3, -0.25) is 0 Å². The third kappa shape index (κ3) is 2.33. The number of rotatable bonds is 2. The number of hydrogen-bond acceptors (Lipinski definition) is 2. The molecular formula is C9H12Cl2N2. The summed E-state index contributed by atoms with van der Waals surface area (Å²) in [6.45, 7) is 4.07. The van der Waals surface area contributed by atoms with E-state index in [2.05, 4.69) is 4.98 Å². The lowest BCUT2D eigenvalue weighted by Gasteiger charge is -2.17. The van der Waals surface area contributed by atoms with Crippen molar-refractivity contribution in [1.29, 1.82) is 0 Å². The third-order valence-corrected chi connectivity index (χ3v) is 2.73. The number of aromatic nitrogens is 1. The van der Waals surface area contributed by atoms with Gasteiger partial charge < -0.3 is 5.73 Å². The van der Waals surface area contributed by atoms with Crippen LogP contribution in [0.2, 0.25) is 10.2 Å². The predicted octanol–water partition coefficient (Wildman–Crippen LogP) is 3.04. The molecule has 0 radical (unpaired) electrons. The Bertz CT molecular complexity index is 300. The van der Waals surface area contributed by atoms with Crippen molar-refractivity contribution in [2.24, 2.45) is 11.7 Å². The van der Waals surface area contributed by atoms with Crippen LogP contribution in [-0.4, -0.2) is 4.98 Å². The van der Waals surface area contributed by atoms with E-state index in [4.69, 9.17) is 28.9 Å². The van der Waals surface area contributed by atoms with E-state index in [-0.39, 0.29) is 6.04 Å². The van der Waals surface area contributed by atoms with E-state index in [1.165, 1.54) is 0 Å². The maximum atomic E-state index is 5.96. The van der Waals surface area contributed by atoms with Crippen LogP contribution in [0.4, 0.5) is 0 Å². The highest BCUT2D eigenvalue weighted by Crippen LogP contribution is 2.30. The van der Waals surface area contributed by atoms with Crippen molar-refractivity contribution in [2.75, 3.05) is 0 Å². The minimum absolute atomic E-state index is 0.0898. The first-order chi connectivity index (χ1) is 6.04. The lowest BCUT2D eigenvalue weighted by molar-refractivity contribution is 0.514. The second kappa shape index (κ2) is 4.27. The van der Waals surface area contributed by atoms with Crippen molar-refractivity contribution < 1.29 is 0 Å². The number of hydrogen-bond donors (Lipinski definition) is 1. The molecule has 72 valence electrons. The molecule has 0 bridgehead atoms. The highest BCUT2D eigenvalue weighted by molar-refractivity contribution is 6.41. The average Bonchev–Trinajstić information content (AvgIpc) is 2.08. The number of nitrogens with two attached hydrogens (primary N) is 1. The van der Waals surface area contributed by atoms with Crippen LogP contribution >= 0.6 is 23.2 Å². The molecule has 0 spiro atoms. The van der Waals surface area contributed by atoms with Crippen molar-refractivity contribution in [3.05, 3.63) is 28.0 Å². The molecule has 0 amide bonds. The smallest absolute Gasteiger partial charge is 0.147 e. The molecule has 1 atom stereocenters. The summed E-state index contributed by atoms with van der Waals surface area (Å²) in [5, 5.41) is 0.778. The molecule has 0 unspecified atom stereocenters. The van der Waals surface area contributed by atoms with Crippen LogP contribution in [0.3, 0.4) is 0 Å². The van der Waals surface area contributed by atoms with Crippen molar-refractivity contribution in [3.63, 3.8) is 0 Å². The Hall–Kier alpha value is -0.310. The summed E-state index contributed by atoms with van der Waals surface area (Å²) in [5.74, 6) is 0.330. The zero-order valence-electron chi connectivity index (χ0n) is 7.59. The molecule has 4 heteroatoms. The van der Waals surface area contributed by atoms with Crippen LogP contribution in [-0.2, 0) is 0 Å². The highest BCUT2D eigenvalue weighted by atomic mass is 35.5. The molecule has 1 aromatic rings. The summed E-state index contributed by atoms with van der Waals surface area (Å²) in [7, 11) is 0. The van der Waals surface area contributed by atoms with Crippen molar-refractivity contribution >= 4 is 23.2 Å². The molecule has 0 saturated heterocycles. The number of nitrogens with zero attached hydrogens (tertiary/aromatic N) is 1. The van der Waals surface area contributed by atoms with Crippen LogP contribution in [0.5, 0.6) is 0 Å². The van der Waals surface area contributed by atoms with Gasteiger partial charge >= 0.3 is 0 Å². The van der Waals surface area contributed by atoms with Gasteiger partial charge in [0.05, 0.1) is 5.02 Å². The molecule has 2 N–H and O–H groups in total. The molecule has 0 fully saturated rings. The van der Waals surface area contributed by atoms with Gasteiger partial charge in [0.25, 0.3) is 0 Å². The zero-order valence-corrected chi connectivity index (χ0v) is 9.10. The Morgan fingerprint density at radius 3 is 2.54 bits per heavy atom. The predicted molar refractivity (Wildman–Crippen MR) is 56.0 cm³/mol. The van der Waals surface area contributed by atoms with E-state index in [1.807, 2.05) is 13.8 Å². The standard InChI is InChI=1S/C9H12Cl2N2/c1-5(2)8(12)6-3-4-13-9(11)7(6)10/h3-5,8H,12H2,1-2H3/t8-/m1/s1. The first-order valence-electron chi connectivity index (χ1n) is 4.09. The zero-order chi connectivity index (χ0) is 10.0. The fourth-order valence-electron chi connectivity index (χ4n) is 1.05. The van der Waals surface area contributed by atoms with Crippen molar-refractivity contribution in [3.8, 4) is 0 Å². The van der Waals surface area contributed by atoms with Gasteiger partial charge in [-0.2, -0.15) is 0 Å². The van der Waals surface area contributed by atoms with E-state index in [0.717, 1.165) is 5.56 Å². The number of pyridine rings is 1. The van der Waals surface area contributed by atoms with Crippen LogP contribution in [0, 0.1) is 5.92 Å². The lowest BCUT2D eigenvalue weighted by Crippen LogP contribution is -2.17. The van der Waals surface area contributed by atoms with E-state index in [9.17, 15) is 0 Å². The van der Waals surface area contributed by atoms with Gasteiger partial charge in [-0.25, -0.2) is 4.98 Å². The van der Waals surface area contributed by atoms with Gasteiger partial charge in [0.2, 0.25) is 0 Å². The normalized spacial score (nSPS) is 13.4. The Balaban J connectivity index is 3.07. The maximum Gasteiger partial charge on any atom is 0.147 e. The van der Waals surface area contributed by atoms with Crippen LogP contribution in [0.25, 0.3) is 0 Å². The molecule has 0 aromatic carbocycles. The largest absolute Gasteiger partial charge is 0.324 e. The Labute approximate surface area is 88.1 Å². The summed E-state index contributed by atoms with van der Waals surface area (Å²) in [6.07, 6.45) is 1.62. The summed E-state index contributed by atoms with van der Waals surface area (Å²) in [5.41, 5.74) is 6.79. The fourth-order valence-corrected chi connectivity index (χ4v) is 1.45. The minimum Gasteiger partial charge on any atom is -0.324 e. The topological polar surface area (TPSA) is 38.9 Å². The van der Waals surface area contributed by atoms with Crippen molar-refractivity contribution in [2.45, 2.75) is 19.9 Å². The van der Waals surface area contributed by atoms with Gasteiger partial charge in [-0.05, 0) is 17.5 Å². The summed E-state index contributed by atoms with van der Waals surface area (Å²) in [6, 6.07) is 1.71. The van der Waals surface area contributed by atoms with Crippen LogP contribution < -0.4 is 5.73 Å². The molecule has 0 saturated carbocycles. The van der Waals surface area contributed by atoms with Gasteiger partial charge in [-0.1, -0.05) is 37.0 Å². The highest BCUT2D eigenvalue weighted by Gasteiger charge is 2.15. The first kappa shape index (κ1) is 10.8. The van der Waals surface area contributed by atoms with Gasteiger partial charge in [0.1, 0.15) is 5.15 Å². The average molecular weight is 219 g/mol. The number of halogens is 2. The van der Waals surface area contributed by atoms with Gasteiger partial charge in [0, 0.05) is 12.2 Å². The molecule has 0 aliphatic heterocycles. The van der Waals surface area contributed by atoms with E-state index in [0.29, 0.717) is 16.1 Å². The Kier molecular flexibility index (Phi) is 3.54. The summed E-state index contributed by atoms with van der Waals surface area (Å²) in [4.78, 5) is 3.86. The van der Waals surface area contributed by atoms with Gasteiger partial charge in [-0.15, -0.1) is 0 Å². The maximum absolute atomic E-state index is 5.96. The van der Waals surface area contributed by atoms with E-state index < -0.39 is 0 Å². The molecule has 0 aliphatic carbocycles. The van der Waals surface area contributed by atoms with Crippen LogP contribution in [0.1, 0.15) is 25.5 Å². The Morgan fingerprint density at radius 2 is 2.00 bits per heavy atom. The summed E-state index contributed by atoms with van der Waals surface area (Å²) < 4.78 is 0. The van der Waals surface area contributed by atoms with Crippen molar-refractivity contribution in [1.82, 2.24) is 4.98 Å². The molecular weight excluding hydrogens is 207 g/mol. The lowest BCUT2D eigenvalue weighted by atomic mass is 9.98. The van der Waals surface area contributed by atoms with Gasteiger partial charge in [0.15, 0.2) is 0 Å². The Morgan fingerprint density at radius 1 is 1.38 bits per heavy atom. The van der Waals surface area contributed by atoms with E-state index in [1.54, 1.807) is 12.3 Å². The molecule has 2 nitrogen and oxygen atoms in total. The second-order valence-corrected chi connectivity index (χ2v) is 4.01. The monoisotopic (exact) mass is 218 g/mol. The quantitative estimate of drug-likeness (QED) is 0.776. The molecule has 0 aliphatic rings.